The first-order chi connectivity index (χ1) is 16.3. The Bertz CT molecular complexity index is 1110. The number of likely N-dealkylation sites (tertiary alicyclic amines) is 1. The van der Waals surface area contributed by atoms with Crippen molar-refractivity contribution in [1.29, 1.82) is 0 Å². The van der Waals surface area contributed by atoms with Gasteiger partial charge in [0.05, 0.1) is 5.69 Å². The largest absolute Gasteiger partial charge is 0.478 e. The summed E-state index contributed by atoms with van der Waals surface area (Å²) in [7, 11) is 0. The normalized spacial score (nSPS) is 14.8. The van der Waals surface area contributed by atoms with Crippen LogP contribution in [0, 0.1) is 19.8 Å². The Morgan fingerprint density at radius 1 is 1.03 bits per heavy atom. The molecule has 4 rings (SSSR count). The van der Waals surface area contributed by atoms with Crippen LogP contribution in [-0.4, -0.2) is 45.3 Å². The molecule has 7 nitrogen and oxygen atoms in total. The van der Waals surface area contributed by atoms with E-state index in [2.05, 4.69) is 66.4 Å². The highest BCUT2D eigenvalue weighted by Gasteiger charge is 2.20. The van der Waals surface area contributed by atoms with Crippen LogP contribution in [0.3, 0.4) is 0 Å². The molecule has 1 saturated heterocycles. The van der Waals surface area contributed by atoms with Crippen molar-refractivity contribution in [2.24, 2.45) is 5.92 Å². The maximum Gasteiger partial charge on any atom is 0.328 e. The number of carboxylic acid groups (broad SMARTS) is 2. The van der Waals surface area contributed by atoms with Crippen LogP contribution >= 0.6 is 0 Å². The lowest BCUT2D eigenvalue weighted by atomic mass is 9.91. The smallest absolute Gasteiger partial charge is 0.328 e. The van der Waals surface area contributed by atoms with Crippen LogP contribution in [-0.2, 0) is 22.6 Å². The minimum Gasteiger partial charge on any atom is -0.478 e. The standard InChI is InChI=1S/C23H28N2O.C4H4O4/c1-17-14-21-22(24-26-23(21)15-18(17)2)9-8-19-10-12-25(13-11-19)16-20-6-4-3-5-7-20;5-3(6)1-2-4(7)8/h3-7,14-15,19H,8-13,16H2,1-2H3;1-2H,(H,5,6)(H,7,8)/b;2-1-. The third-order valence-corrected chi connectivity index (χ3v) is 6.28. The summed E-state index contributed by atoms with van der Waals surface area (Å²) in [4.78, 5) is 21.7. The van der Waals surface area contributed by atoms with Gasteiger partial charge >= 0.3 is 11.9 Å². The van der Waals surface area contributed by atoms with Crippen molar-refractivity contribution in [2.45, 2.75) is 46.1 Å². The SMILES string of the molecule is Cc1cc2onc(CCC3CCN(Cc4ccccc4)CC3)c2cc1C.O=C(O)/C=C\C(=O)O. The van der Waals surface area contributed by atoms with E-state index in [0.29, 0.717) is 12.2 Å². The quantitative estimate of drug-likeness (QED) is 0.474. The highest BCUT2D eigenvalue weighted by molar-refractivity contribution is 5.89. The van der Waals surface area contributed by atoms with E-state index >= 15 is 0 Å². The number of aromatic nitrogens is 1. The molecule has 2 N–H and O–H groups in total. The number of rotatable bonds is 7. The third-order valence-electron chi connectivity index (χ3n) is 6.28. The van der Waals surface area contributed by atoms with Gasteiger partial charge in [0, 0.05) is 24.1 Å². The summed E-state index contributed by atoms with van der Waals surface area (Å²) in [5.74, 6) is -1.71. The number of benzene rings is 2. The van der Waals surface area contributed by atoms with Crippen LogP contribution in [0.25, 0.3) is 11.0 Å². The summed E-state index contributed by atoms with van der Waals surface area (Å²) in [6.07, 6.45) is 5.94. The van der Waals surface area contributed by atoms with Gasteiger partial charge in [-0.3, -0.25) is 4.90 Å². The molecule has 0 bridgehead atoms. The molecule has 0 spiro atoms. The maximum absolute atomic E-state index is 9.55. The first-order valence-electron chi connectivity index (χ1n) is 11.6. The molecule has 1 aliphatic rings. The second kappa shape index (κ2) is 12.1. The van der Waals surface area contributed by atoms with E-state index in [9.17, 15) is 9.59 Å². The zero-order valence-electron chi connectivity index (χ0n) is 19.7. The molecule has 34 heavy (non-hydrogen) atoms. The van der Waals surface area contributed by atoms with Gasteiger partial charge in [-0.15, -0.1) is 0 Å². The Morgan fingerprint density at radius 3 is 2.26 bits per heavy atom. The van der Waals surface area contributed by atoms with Gasteiger partial charge in [-0.25, -0.2) is 9.59 Å². The number of fused-ring (bicyclic) bond motifs is 1. The predicted molar refractivity (Wildman–Crippen MR) is 131 cm³/mol. The van der Waals surface area contributed by atoms with Crippen molar-refractivity contribution >= 4 is 22.9 Å². The third kappa shape index (κ3) is 7.56. The Balaban J connectivity index is 0.000000350. The van der Waals surface area contributed by atoms with Crippen molar-refractivity contribution < 1.29 is 24.3 Å². The van der Waals surface area contributed by atoms with Crippen molar-refractivity contribution in [3.05, 3.63) is 77.0 Å². The summed E-state index contributed by atoms with van der Waals surface area (Å²) in [5.41, 5.74) is 6.07. The molecule has 0 aliphatic carbocycles. The van der Waals surface area contributed by atoms with Crippen LogP contribution < -0.4 is 0 Å². The van der Waals surface area contributed by atoms with Crippen LogP contribution in [0.15, 0.2) is 59.1 Å². The van der Waals surface area contributed by atoms with E-state index in [-0.39, 0.29) is 0 Å². The number of aliphatic carboxylic acids is 2. The van der Waals surface area contributed by atoms with E-state index in [4.69, 9.17) is 14.7 Å². The molecule has 3 aromatic rings. The summed E-state index contributed by atoms with van der Waals surface area (Å²) >= 11 is 0. The fourth-order valence-electron chi connectivity index (χ4n) is 4.18. The minimum atomic E-state index is -1.26. The van der Waals surface area contributed by atoms with Crippen molar-refractivity contribution in [1.82, 2.24) is 10.1 Å². The molecule has 1 aliphatic heterocycles. The Morgan fingerprint density at radius 2 is 1.65 bits per heavy atom. The number of nitrogens with zero attached hydrogens (tertiary/aromatic N) is 2. The second-order valence-corrected chi connectivity index (χ2v) is 8.82. The summed E-state index contributed by atoms with van der Waals surface area (Å²) in [5, 5.41) is 21.2. The summed E-state index contributed by atoms with van der Waals surface area (Å²) in [6.45, 7) is 7.78. The van der Waals surface area contributed by atoms with Gasteiger partial charge in [-0.2, -0.15) is 0 Å². The topological polar surface area (TPSA) is 104 Å². The van der Waals surface area contributed by atoms with E-state index in [1.807, 2.05) is 0 Å². The number of piperidine rings is 1. The molecule has 7 heteroatoms. The number of aryl methyl sites for hydroxylation is 3. The van der Waals surface area contributed by atoms with E-state index in [1.54, 1.807) is 0 Å². The zero-order chi connectivity index (χ0) is 24.5. The molecule has 1 fully saturated rings. The molecular formula is C27H32N2O5. The predicted octanol–water partition coefficient (Wildman–Crippen LogP) is 5.00. The Labute approximate surface area is 199 Å². The van der Waals surface area contributed by atoms with Crippen molar-refractivity contribution in [3.8, 4) is 0 Å². The van der Waals surface area contributed by atoms with Crippen LogP contribution in [0.4, 0.5) is 0 Å². The monoisotopic (exact) mass is 464 g/mol. The molecule has 2 aromatic carbocycles. The number of hydrogen-bond donors (Lipinski definition) is 2. The molecule has 0 radical (unpaired) electrons. The molecule has 180 valence electrons. The number of carboxylic acids is 2. The van der Waals surface area contributed by atoms with Gasteiger partial charge in [-0.05, 0) is 87.4 Å². The molecule has 0 unspecified atom stereocenters. The van der Waals surface area contributed by atoms with Crippen molar-refractivity contribution in [3.63, 3.8) is 0 Å². The van der Waals surface area contributed by atoms with Crippen molar-refractivity contribution in [2.75, 3.05) is 13.1 Å². The molecule has 0 saturated carbocycles. The minimum absolute atomic E-state index is 0.558. The molecular weight excluding hydrogens is 432 g/mol. The zero-order valence-corrected chi connectivity index (χ0v) is 19.7. The fraction of sp³-hybridized carbons (Fsp3) is 0.370. The Kier molecular flexibility index (Phi) is 8.99. The number of hydrogen-bond acceptors (Lipinski definition) is 5. The molecule has 1 aromatic heterocycles. The van der Waals surface area contributed by atoms with E-state index in [1.165, 1.54) is 54.4 Å². The highest BCUT2D eigenvalue weighted by Crippen LogP contribution is 2.27. The first-order valence-corrected chi connectivity index (χ1v) is 11.6. The molecule has 0 atom stereocenters. The van der Waals surface area contributed by atoms with Gasteiger partial charge in [0.2, 0.25) is 0 Å². The molecule has 0 amide bonds. The number of carbonyl (C=O) groups is 2. The highest BCUT2D eigenvalue weighted by atomic mass is 16.5. The van der Waals surface area contributed by atoms with Crippen LogP contribution in [0.2, 0.25) is 0 Å². The van der Waals surface area contributed by atoms with Crippen LogP contribution in [0.5, 0.6) is 0 Å². The Hall–Kier alpha value is -3.45. The average Bonchev–Trinajstić information content (AvgIpc) is 3.20. The lowest BCUT2D eigenvalue weighted by Gasteiger charge is -2.31. The average molecular weight is 465 g/mol. The molecule has 2 heterocycles. The second-order valence-electron chi connectivity index (χ2n) is 8.82. The fourth-order valence-corrected chi connectivity index (χ4v) is 4.18. The summed E-state index contributed by atoms with van der Waals surface area (Å²) < 4.78 is 5.55. The lowest BCUT2D eigenvalue weighted by molar-refractivity contribution is -0.134. The summed E-state index contributed by atoms with van der Waals surface area (Å²) in [6, 6.07) is 15.2. The first kappa shape index (κ1) is 25.2. The van der Waals surface area contributed by atoms with Gasteiger partial charge < -0.3 is 14.7 Å². The van der Waals surface area contributed by atoms with E-state index in [0.717, 1.165) is 30.2 Å². The van der Waals surface area contributed by atoms with Gasteiger partial charge in [0.1, 0.15) is 0 Å². The van der Waals surface area contributed by atoms with Crippen LogP contribution in [0.1, 0.15) is 41.6 Å². The van der Waals surface area contributed by atoms with E-state index < -0.39 is 11.9 Å². The maximum atomic E-state index is 9.55. The van der Waals surface area contributed by atoms with Gasteiger partial charge in [0.25, 0.3) is 0 Å². The van der Waals surface area contributed by atoms with Gasteiger partial charge in [0.15, 0.2) is 5.58 Å². The lowest BCUT2D eigenvalue weighted by Crippen LogP contribution is -2.33. The van der Waals surface area contributed by atoms with Gasteiger partial charge in [-0.1, -0.05) is 35.5 Å².